The molecule has 0 amide bonds. The van der Waals surface area contributed by atoms with E-state index in [9.17, 15) is 4.79 Å². The number of hydrogen-bond donors (Lipinski definition) is 0. The first kappa shape index (κ1) is 19.5. The highest BCUT2D eigenvalue weighted by Crippen LogP contribution is 2.38. The van der Waals surface area contributed by atoms with E-state index in [0.29, 0.717) is 5.76 Å². The molecule has 1 fully saturated rings. The lowest BCUT2D eigenvalue weighted by molar-refractivity contribution is -0.139. The van der Waals surface area contributed by atoms with Crippen molar-refractivity contribution in [3.05, 3.63) is 47.7 Å². The number of hydrogen-bond acceptors (Lipinski definition) is 4. The Morgan fingerprint density at radius 3 is 2.28 bits per heavy atom. The van der Waals surface area contributed by atoms with Gasteiger partial charge >= 0.3 is 5.97 Å². The molecule has 1 aliphatic heterocycles. The van der Waals surface area contributed by atoms with Crippen molar-refractivity contribution in [3.63, 3.8) is 0 Å². The molecular weight excluding hydrogens is 314 g/mol. The monoisotopic (exact) mass is 345 g/mol. The summed E-state index contributed by atoms with van der Waals surface area (Å²) in [7, 11) is 2.17. The van der Waals surface area contributed by atoms with Crippen molar-refractivity contribution in [1.29, 1.82) is 0 Å². The molecular formula is C21H31NO3. The van der Waals surface area contributed by atoms with Crippen LogP contribution in [0.4, 0.5) is 0 Å². The van der Waals surface area contributed by atoms with Gasteiger partial charge in [0.05, 0.1) is 6.08 Å². The fraction of sp³-hybridized carbons (Fsp3) is 0.571. The quantitative estimate of drug-likeness (QED) is 0.453. The summed E-state index contributed by atoms with van der Waals surface area (Å²) in [5.74, 6) is 0.243. The van der Waals surface area contributed by atoms with Crippen molar-refractivity contribution >= 4 is 5.97 Å². The summed E-state index contributed by atoms with van der Waals surface area (Å²) >= 11 is 0. The number of piperidine rings is 1. The topological polar surface area (TPSA) is 38.8 Å². The molecule has 2 rings (SSSR count). The minimum absolute atomic E-state index is 0.0561. The van der Waals surface area contributed by atoms with Gasteiger partial charge in [-0.1, -0.05) is 30.3 Å². The van der Waals surface area contributed by atoms with E-state index in [-0.39, 0.29) is 29.8 Å². The molecule has 1 heterocycles. The van der Waals surface area contributed by atoms with Gasteiger partial charge in [0.25, 0.3) is 0 Å². The van der Waals surface area contributed by atoms with Gasteiger partial charge in [0.15, 0.2) is 0 Å². The number of ether oxygens (including phenoxy) is 2. The first-order chi connectivity index (χ1) is 11.6. The van der Waals surface area contributed by atoms with Crippen molar-refractivity contribution < 1.29 is 14.3 Å². The minimum atomic E-state index is -0.368. The van der Waals surface area contributed by atoms with Crippen LogP contribution in [0.3, 0.4) is 0 Å². The van der Waals surface area contributed by atoms with E-state index in [2.05, 4.69) is 39.6 Å². The van der Waals surface area contributed by atoms with Crippen LogP contribution in [0.2, 0.25) is 0 Å². The van der Waals surface area contributed by atoms with E-state index < -0.39 is 0 Å². The third-order valence-electron chi connectivity index (χ3n) is 5.17. The molecule has 0 saturated carbocycles. The van der Waals surface area contributed by atoms with Crippen LogP contribution in [0, 0.1) is 0 Å². The van der Waals surface area contributed by atoms with Gasteiger partial charge in [0.2, 0.25) is 0 Å². The molecule has 0 atom stereocenters. The van der Waals surface area contributed by atoms with E-state index >= 15 is 0 Å². The first-order valence-corrected chi connectivity index (χ1v) is 8.90. The van der Waals surface area contributed by atoms with Gasteiger partial charge in [0, 0.05) is 23.9 Å². The Morgan fingerprint density at radius 1 is 1.16 bits per heavy atom. The second kappa shape index (κ2) is 7.61. The van der Waals surface area contributed by atoms with Crippen molar-refractivity contribution in [3.8, 4) is 0 Å². The predicted octanol–water partition coefficient (Wildman–Crippen LogP) is 4.30. The third kappa shape index (κ3) is 5.33. The standard InChI is InChI=1S/C21H31NO3/c1-16(12-19(23)24-15-17-10-8-7-9-11-17)25-18-13-20(2,3)22(6)21(4,5)14-18/h7-12,18H,13-15H2,1-6H3/b16-12-. The molecule has 0 spiro atoms. The molecule has 25 heavy (non-hydrogen) atoms. The lowest BCUT2D eigenvalue weighted by atomic mass is 9.79. The summed E-state index contributed by atoms with van der Waals surface area (Å²) in [5, 5.41) is 0. The molecule has 1 aliphatic rings. The van der Waals surface area contributed by atoms with E-state index in [4.69, 9.17) is 9.47 Å². The van der Waals surface area contributed by atoms with Crippen LogP contribution in [0.15, 0.2) is 42.2 Å². The zero-order valence-corrected chi connectivity index (χ0v) is 16.3. The SMILES string of the molecule is C/C(=C/C(=O)OCc1ccccc1)OC1CC(C)(C)N(C)C(C)(C)C1. The zero-order chi connectivity index (χ0) is 18.7. The third-order valence-corrected chi connectivity index (χ3v) is 5.17. The van der Waals surface area contributed by atoms with Crippen LogP contribution >= 0.6 is 0 Å². The average molecular weight is 345 g/mol. The Labute approximate surface area is 151 Å². The fourth-order valence-corrected chi connectivity index (χ4v) is 3.60. The Morgan fingerprint density at radius 2 is 1.72 bits per heavy atom. The van der Waals surface area contributed by atoms with Gasteiger partial charge in [-0.15, -0.1) is 0 Å². The van der Waals surface area contributed by atoms with Crippen molar-refractivity contribution in [2.24, 2.45) is 0 Å². The molecule has 1 aromatic carbocycles. The summed E-state index contributed by atoms with van der Waals surface area (Å²) in [5.41, 5.74) is 1.09. The first-order valence-electron chi connectivity index (χ1n) is 8.90. The largest absolute Gasteiger partial charge is 0.495 e. The lowest BCUT2D eigenvalue weighted by Gasteiger charge is -2.53. The summed E-state index contributed by atoms with van der Waals surface area (Å²) in [6, 6.07) is 9.66. The van der Waals surface area contributed by atoms with Gasteiger partial charge < -0.3 is 9.47 Å². The van der Waals surface area contributed by atoms with E-state index in [0.717, 1.165) is 18.4 Å². The Kier molecular flexibility index (Phi) is 5.94. The number of likely N-dealkylation sites (tertiary alicyclic amines) is 1. The van der Waals surface area contributed by atoms with Crippen molar-refractivity contribution in [2.75, 3.05) is 7.05 Å². The molecule has 138 valence electrons. The molecule has 0 unspecified atom stereocenters. The van der Waals surface area contributed by atoms with Crippen LogP contribution in [0.1, 0.15) is 53.0 Å². The van der Waals surface area contributed by atoms with Gasteiger partial charge in [0.1, 0.15) is 18.5 Å². The molecule has 1 aromatic rings. The second-order valence-corrected chi connectivity index (χ2v) is 8.18. The summed E-state index contributed by atoms with van der Waals surface area (Å²) in [6.07, 6.45) is 3.40. The number of esters is 1. The van der Waals surface area contributed by atoms with Crippen LogP contribution in [0.25, 0.3) is 0 Å². The van der Waals surface area contributed by atoms with Crippen molar-refractivity contribution in [2.45, 2.75) is 71.2 Å². The van der Waals surface area contributed by atoms with Gasteiger partial charge in [-0.3, -0.25) is 4.90 Å². The van der Waals surface area contributed by atoms with Crippen LogP contribution < -0.4 is 0 Å². The summed E-state index contributed by atoms with van der Waals surface area (Å²) < 4.78 is 11.4. The number of nitrogens with zero attached hydrogens (tertiary/aromatic N) is 1. The van der Waals surface area contributed by atoms with E-state index in [1.807, 2.05) is 37.3 Å². The van der Waals surface area contributed by atoms with Crippen LogP contribution in [-0.4, -0.2) is 35.1 Å². The van der Waals surface area contributed by atoms with Crippen LogP contribution in [-0.2, 0) is 20.9 Å². The lowest BCUT2D eigenvalue weighted by Crippen LogP contribution is -2.60. The maximum absolute atomic E-state index is 12.0. The number of carbonyl (C=O) groups excluding carboxylic acids is 1. The average Bonchev–Trinajstić information content (AvgIpc) is 2.51. The number of carbonyl (C=O) groups is 1. The molecule has 0 bridgehead atoms. The minimum Gasteiger partial charge on any atom is -0.495 e. The normalized spacial score (nSPS) is 21.0. The molecule has 4 nitrogen and oxygen atoms in total. The summed E-state index contributed by atoms with van der Waals surface area (Å²) in [6.45, 7) is 11.0. The maximum atomic E-state index is 12.0. The highest BCUT2D eigenvalue weighted by atomic mass is 16.5. The smallest absolute Gasteiger partial charge is 0.334 e. The molecule has 0 N–H and O–H groups in total. The van der Waals surface area contributed by atoms with Gasteiger partial charge in [-0.25, -0.2) is 4.79 Å². The van der Waals surface area contributed by atoms with Crippen LogP contribution in [0.5, 0.6) is 0 Å². The maximum Gasteiger partial charge on any atom is 0.334 e. The predicted molar refractivity (Wildman–Crippen MR) is 100 cm³/mol. The Hall–Kier alpha value is -1.81. The van der Waals surface area contributed by atoms with Gasteiger partial charge in [-0.2, -0.15) is 0 Å². The van der Waals surface area contributed by atoms with Gasteiger partial charge in [-0.05, 0) is 47.2 Å². The number of benzene rings is 1. The Balaban J connectivity index is 1.91. The van der Waals surface area contributed by atoms with E-state index in [1.165, 1.54) is 6.08 Å². The summed E-state index contributed by atoms with van der Waals surface area (Å²) in [4.78, 5) is 14.4. The molecule has 0 aliphatic carbocycles. The number of allylic oxidation sites excluding steroid dienone is 1. The fourth-order valence-electron chi connectivity index (χ4n) is 3.60. The van der Waals surface area contributed by atoms with E-state index in [1.54, 1.807) is 0 Å². The Bertz CT molecular complexity index is 601. The highest BCUT2D eigenvalue weighted by Gasteiger charge is 2.43. The second-order valence-electron chi connectivity index (χ2n) is 8.18. The molecule has 4 heteroatoms. The molecule has 1 saturated heterocycles. The highest BCUT2D eigenvalue weighted by molar-refractivity contribution is 5.82. The molecule has 0 aromatic heterocycles. The zero-order valence-electron chi connectivity index (χ0n) is 16.3. The number of rotatable bonds is 5. The molecule has 0 radical (unpaired) electrons. The van der Waals surface area contributed by atoms with Crippen molar-refractivity contribution in [1.82, 2.24) is 4.90 Å².